The summed E-state index contributed by atoms with van der Waals surface area (Å²) >= 11 is 1.67. The number of benzene rings is 2. The highest BCUT2D eigenvalue weighted by molar-refractivity contribution is 7.24. The number of hydrogen-bond acceptors (Lipinski definition) is 6. The molecule has 31 heavy (non-hydrogen) atoms. The van der Waals surface area contributed by atoms with Gasteiger partial charge in [-0.1, -0.05) is 24.3 Å². The SMILES string of the molecule is O=C(O)O.O=C(O)O.O=C(O)O.O=C(O)O.O=c1c2ccccc2sc2ccccc12. The van der Waals surface area contributed by atoms with Crippen LogP contribution in [0.1, 0.15) is 0 Å². The van der Waals surface area contributed by atoms with E-state index in [-0.39, 0.29) is 5.43 Å². The Morgan fingerprint density at radius 2 is 0.742 bits per heavy atom. The summed E-state index contributed by atoms with van der Waals surface area (Å²) in [5.41, 5.74) is 0.139. The van der Waals surface area contributed by atoms with Crippen molar-refractivity contribution < 1.29 is 60.0 Å². The molecule has 168 valence electrons. The fraction of sp³-hybridized carbons (Fsp3) is 0. The van der Waals surface area contributed by atoms with Gasteiger partial charge in [-0.15, -0.1) is 11.3 Å². The molecule has 1 heterocycles. The minimum atomic E-state index is -1.83. The summed E-state index contributed by atoms with van der Waals surface area (Å²) in [5, 5.41) is 57.4. The number of fused-ring (bicyclic) bond motifs is 2. The Kier molecular flexibility index (Phi) is 14.2. The van der Waals surface area contributed by atoms with Crippen LogP contribution >= 0.6 is 11.3 Å². The Bertz CT molecular complexity index is 953. The molecule has 0 aliphatic rings. The van der Waals surface area contributed by atoms with Gasteiger partial charge in [-0.05, 0) is 24.3 Å². The second-order valence-corrected chi connectivity index (χ2v) is 5.64. The first-order valence-corrected chi connectivity index (χ1v) is 8.19. The summed E-state index contributed by atoms with van der Waals surface area (Å²) in [7, 11) is 0. The van der Waals surface area contributed by atoms with E-state index in [4.69, 9.17) is 60.0 Å². The maximum Gasteiger partial charge on any atom is 0.503 e. The van der Waals surface area contributed by atoms with E-state index in [0.717, 1.165) is 20.2 Å². The third-order valence-corrected chi connectivity index (χ3v) is 3.64. The minimum Gasteiger partial charge on any atom is -0.450 e. The van der Waals surface area contributed by atoms with Crippen LogP contribution in [0, 0.1) is 0 Å². The van der Waals surface area contributed by atoms with Gasteiger partial charge in [0.05, 0.1) is 0 Å². The second kappa shape index (κ2) is 15.3. The van der Waals surface area contributed by atoms with Gasteiger partial charge in [-0.25, -0.2) is 19.2 Å². The van der Waals surface area contributed by atoms with E-state index in [2.05, 4.69) is 0 Å². The predicted octanol–water partition coefficient (Wildman–Crippen LogP) is 4.30. The van der Waals surface area contributed by atoms with Crippen LogP contribution in [-0.2, 0) is 0 Å². The first-order chi connectivity index (χ1) is 14.3. The quantitative estimate of drug-likeness (QED) is 0.218. The van der Waals surface area contributed by atoms with Crippen LogP contribution < -0.4 is 5.43 Å². The Balaban J connectivity index is 0. The molecule has 3 rings (SSSR count). The van der Waals surface area contributed by atoms with Crippen LogP contribution in [0.3, 0.4) is 0 Å². The van der Waals surface area contributed by atoms with Crippen molar-refractivity contribution in [3.05, 3.63) is 58.8 Å². The maximum absolute atomic E-state index is 12.1. The Hall–Kier alpha value is -4.59. The molecule has 0 amide bonds. The summed E-state index contributed by atoms with van der Waals surface area (Å²) in [6, 6.07) is 15.5. The lowest BCUT2D eigenvalue weighted by Gasteiger charge is -1.99. The summed E-state index contributed by atoms with van der Waals surface area (Å²) in [6.07, 6.45) is -7.33. The van der Waals surface area contributed by atoms with E-state index >= 15 is 0 Å². The highest BCUT2D eigenvalue weighted by atomic mass is 32.1. The van der Waals surface area contributed by atoms with Gasteiger partial charge in [0, 0.05) is 20.2 Å². The molecule has 13 nitrogen and oxygen atoms in total. The number of rotatable bonds is 0. The van der Waals surface area contributed by atoms with Crippen LogP contribution in [0.2, 0.25) is 0 Å². The van der Waals surface area contributed by atoms with Gasteiger partial charge in [0.15, 0.2) is 5.43 Å². The smallest absolute Gasteiger partial charge is 0.450 e. The van der Waals surface area contributed by atoms with E-state index in [1.807, 2.05) is 48.5 Å². The van der Waals surface area contributed by atoms with Gasteiger partial charge in [0.2, 0.25) is 0 Å². The highest BCUT2D eigenvalue weighted by Crippen LogP contribution is 2.23. The van der Waals surface area contributed by atoms with Crippen LogP contribution in [0.5, 0.6) is 0 Å². The molecule has 0 aliphatic carbocycles. The summed E-state index contributed by atoms with van der Waals surface area (Å²) in [5.74, 6) is 0. The number of carbonyl (C=O) groups is 4. The van der Waals surface area contributed by atoms with Crippen molar-refractivity contribution in [2.75, 3.05) is 0 Å². The molecule has 14 heteroatoms. The van der Waals surface area contributed by atoms with Crippen molar-refractivity contribution in [1.29, 1.82) is 0 Å². The van der Waals surface area contributed by atoms with E-state index in [1.54, 1.807) is 11.3 Å². The second-order valence-electron chi connectivity index (χ2n) is 4.55. The van der Waals surface area contributed by atoms with Crippen molar-refractivity contribution in [3.63, 3.8) is 0 Å². The predicted molar refractivity (Wildman–Crippen MR) is 108 cm³/mol. The van der Waals surface area contributed by atoms with Crippen LogP contribution in [0.15, 0.2) is 53.3 Å². The van der Waals surface area contributed by atoms with Crippen LogP contribution in [-0.4, -0.2) is 65.5 Å². The fourth-order valence-corrected chi connectivity index (χ4v) is 2.82. The summed E-state index contributed by atoms with van der Waals surface area (Å²) in [6.45, 7) is 0. The third-order valence-electron chi connectivity index (χ3n) is 2.48. The van der Waals surface area contributed by atoms with Gasteiger partial charge in [0.1, 0.15) is 0 Å². The number of hydrogen-bond donors (Lipinski definition) is 8. The zero-order chi connectivity index (χ0) is 24.6. The van der Waals surface area contributed by atoms with E-state index in [9.17, 15) is 4.79 Å². The first kappa shape index (κ1) is 28.6. The average molecular weight is 460 g/mol. The molecule has 1 aromatic heterocycles. The molecule has 0 bridgehead atoms. The highest BCUT2D eigenvalue weighted by Gasteiger charge is 2.03. The van der Waals surface area contributed by atoms with E-state index in [1.165, 1.54) is 0 Å². The fourth-order valence-electron chi connectivity index (χ4n) is 1.75. The topological polar surface area (TPSA) is 247 Å². The molecule has 0 aliphatic heterocycles. The Morgan fingerprint density at radius 3 is 1.00 bits per heavy atom. The zero-order valence-electron chi connectivity index (χ0n) is 15.1. The lowest BCUT2D eigenvalue weighted by Crippen LogP contribution is -1.99. The van der Waals surface area contributed by atoms with Gasteiger partial charge < -0.3 is 40.9 Å². The van der Waals surface area contributed by atoms with Crippen molar-refractivity contribution in [3.8, 4) is 0 Å². The van der Waals surface area contributed by atoms with Crippen LogP contribution in [0.4, 0.5) is 19.2 Å². The molecule has 0 atom stereocenters. The van der Waals surface area contributed by atoms with Crippen molar-refractivity contribution in [1.82, 2.24) is 0 Å². The van der Waals surface area contributed by atoms with Crippen molar-refractivity contribution in [2.45, 2.75) is 0 Å². The summed E-state index contributed by atoms with van der Waals surface area (Å²) < 4.78 is 2.11. The summed E-state index contributed by atoms with van der Waals surface area (Å²) in [4.78, 5) is 46.3. The Morgan fingerprint density at radius 1 is 0.516 bits per heavy atom. The zero-order valence-corrected chi connectivity index (χ0v) is 16.0. The molecule has 0 spiro atoms. The normalized spacial score (nSPS) is 8.39. The van der Waals surface area contributed by atoms with E-state index < -0.39 is 24.6 Å². The maximum atomic E-state index is 12.1. The molecule has 0 unspecified atom stereocenters. The molecule has 3 aromatic rings. The average Bonchev–Trinajstić information content (AvgIpc) is 2.60. The third kappa shape index (κ3) is 16.1. The van der Waals surface area contributed by atoms with Gasteiger partial charge in [0.25, 0.3) is 0 Å². The first-order valence-electron chi connectivity index (χ1n) is 7.37. The van der Waals surface area contributed by atoms with Gasteiger partial charge in [-0.3, -0.25) is 4.79 Å². The molecule has 0 saturated heterocycles. The van der Waals surface area contributed by atoms with Gasteiger partial charge >= 0.3 is 24.6 Å². The molecule has 0 saturated carbocycles. The van der Waals surface area contributed by atoms with Gasteiger partial charge in [-0.2, -0.15) is 0 Å². The van der Waals surface area contributed by atoms with Crippen molar-refractivity contribution >= 4 is 56.1 Å². The molecule has 0 fully saturated rings. The largest absolute Gasteiger partial charge is 0.503 e. The van der Waals surface area contributed by atoms with Crippen molar-refractivity contribution in [2.24, 2.45) is 0 Å². The molecule has 8 N–H and O–H groups in total. The molecule has 2 aromatic carbocycles. The number of carboxylic acid groups (broad SMARTS) is 8. The van der Waals surface area contributed by atoms with E-state index in [0.29, 0.717) is 0 Å². The molecular formula is C17H16O13S. The molecule has 0 radical (unpaired) electrons. The lowest BCUT2D eigenvalue weighted by molar-refractivity contribution is 0.135. The standard InChI is InChI=1S/C13H8OS.4CH2O3/c14-13-9-5-1-3-7-11(9)15-12-8-4-2-6-10(12)13;4*2-1(3)4/h1-8H;4*(H2,2,3,4). The van der Waals surface area contributed by atoms with Crippen LogP contribution in [0.25, 0.3) is 20.2 Å². The monoisotopic (exact) mass is 460 g/mol. The minimum absolute atomic E-state index is 0.139. The lowest BCUT2D eigenvalue weighted by atomic mass is 10.2. The molecular weight excluding hydrogens is 444 g/mol. The Labute approximate surface area is 175 Å².